The molecular weight excluding hydrogens is 279 g/mol. The summed E-state index contributed by atoms with van der Waals surface area (Å²) in [5.74, 6) is -0.319. The quantitative estimate of drug-likeness (QED) is 0.867. The van der Waals surface area contributed by atoms with Crippen molar-refractivity contribution < 1.29 is 9.18 Å². The molecule has 0 aliphatic carbocycles. The highest BCUT2D eigenvalue weighted by Gasteiger charge is 2.35. The Labute approximate surface area is 125 Å². The van der Waals surface area contributed by atoms with Crippen LogP contribution in [0.25, 0.3) is 0 Å². The van der Waals surface area contributed by atoms with Crippen molar-refractivity contribution in [3.05, 3.63) is 35.1 Å². The Morgan fingerprint density at radius 2 is 2.10 bits per heavy atom. The molecule has 1 aliphatic heterocycles. The van der Waals surface area contributed by atoms with Crippen molar-refractivity contribution in [2.75, 3.05) is 13.1 Å². The second kappa shape index (κ2) is 6.10. The maximum absolute atomic E-state index is 13.2. The summed E-state index contributed by atoms with van der Waals surface area (Å²) in [5.41, 5.74) is 7.03. The van der Waals surface area contributed by atoms with E-state index in [9.17, 15) is 9.18 Å². The first kappa shape index (κ1) is 16.9. The fraction of sp³-hybridized carbons (Fsp3) is 0.533. The van der Waals surface area contributed by atoms with Gasteiger partial charge in [0.25, 0.3) is 5.91 Å². The van der Waals surface area contributed by atoms with Crippen LogP contribution >= 0.6 is 12.4 Å². The first-order valence-corrected chi connectivity index (χ1v) is 6.62. The van der Waals surface area contributed by atoms with Gasteiger partial charge in [-0.1, -0.05) is 13.8 Å². The Bertz CT molecular complexity index is 505. The largest absolute Gasteiger partial charge is 0.338 e. The molecule has 5 heteroatoms. The van der Waals surface area contributed by atoms with Crippen LogP contribution in [0.2, 0.25) is 0 Å². The van der Waals surface area contributed by atoms with Gasteiger partial charge in [0, 0.05) is 24.7 Å². The highest BCUT2D eigenvalue weighted by Crippen LogP contribution is 2.28. The summed E-state index contributed by atoms with van der Waals surface area (Å²) >= 11 is 0. The minimum Gasteiger partial charge on any atom is -0.338 e. The normalized spacial score (nSPS) is 21.2. The summed E-state index contributed by atoms with van der Waals surface area (Å²) in [4.78, 5) is 14.2. The molecule has 1 atom stereocenters. The highest BCUT2D eigenvalue weighted by atomic mass is 35.5. The number of carbonyl (C=O) groups is 1. The first-order valence-electron chi connectivity index (χ1n) is 6.62. The molecule has 112 valence electrons. The molecule has 1 aliphatic rings. The second-order valence-corrected chi connectivity index (χ2v) is 6.07. The van der Waals surface area contributed by atoms with E-state index in [1.807, 2.05) is 4.90 Å². The van der Waals surface area contributed by atoms with Crippen molar-refractivity contribution in [2.45, 2.75) is 33.2 Å². The number of rotatable bonds is 1. The molecule has 0 spiro atoms. The molecule has 0 radical (unpaired) electrons. The predicted octanol–water partition coefficient (Wildman–Crippen LogP) is 2.76. The Morgan fingerprint density at radius 3 is 2.65 bits per heavy atom. The molecule has 1 fully saturated rings. The van der Waals surface area contributed by atoms with E-state index in [1.54, 1.807) is 19.1 Å². The lowest BCUT2D eigenvalue weighted by Gasteiger charge is -2.42. The zero-order chi connectivity index (χ0) is 14.2. The van der Waals surface area contributed by atoms with Crippen LogP contribution in [0.5, 0.6) is 0 Å². The number of halogens is 2. The van der Waals surface area contributed by atoms with E-state index in [1.165, 1.54) is 6.07 Å². The zero-order valence-corrected chi connectivity index (χ0v) is 13.0. The third-order valence-corrected chi connectivity index (χ3v) is 4.00. The Morgan fingerprint density at radius 1 is 1.45 bits per heavy atom. The lowest BCUT2D eigenvalue weighted by atomic mass is 9.79. The molecule has 1 saturated heterocycles. The van der Waals surface area contributed by atoms with Crippen LogP contribution in [0.1, 0.15) is 36.2 Å². The summed E-state index contributed by atoms with van der Waals surface area (Å²) < 4.78 is 13.2. The SMILES string of the molecule is Cc1cc(C(=O)N2CCC(N)C(C)(C)C2)ccc1F.Cl. The monoisotopic (exact) mass is 300 g/mol. The summed E-state index contributed by atoms with van der Waals surface area (Å²) in [6.45, 7) is 7.13. The molecule has 0 saturated carbocycles. The van der Waals surface area contributed by atoms with Gasteiger partial charge in [0.2, 0.25) is 0 Å². The number of benzene rings is 1. The number of aryl methyl sites for hydroxylation is 1. The van der Waals surface area contributed by atoms with E-state index in [0.717, 1.165) is 6.42 Å². The summed E-state index contributed by atoms with van der Waals surface area (Å²) in [6.07, 6.45) is 0.804. The summed E-state index contributed by atoms with van der Waals surface area (Å²) in [7, 11) is 0. The molecule has 2 rings (SSSR count). The number of amides is 1. The smallest absolute Gasteiger partial charge is 0.253 e. The summed E-state index contributed by atoms with van der Waals surface area (Å²) in [5, 5.41) is 0. The molecule has 1 amide bonds. The van der Waals surface area contributed by atoms with Gasteiger partial charge in [0.05, 0.1) is 0 Å². The maximum atomic E-state index is 13.2. The van der Waals surface area contributed by atoms with Gasteiger partial charge < -0.3 is 10.6 Å². The number of nitrogens with zero attached hydrogens (tertiary/aromatic N) is 1. The van der Waals surface area contributed by atoms with Crippen LogP contribution < -0.4 is 5.73 Å². The lowest BCUT2D eigenvalue weighted by molar-refractivity contribution is 0.0533. The van der Waals surface area contributed by atoms with Gasteiger partial charge in [-0.2, -0.15) is 0 Å². The molecule has 20 heavy (non-hydrogen) atoms. The molecule has 1 aromatic carbocycles. The van der Waals surface area contributed by atoms with Crippen LogP contribution in [0.4, 0.5) is 4.39 Å². The molecular formula is C15H22ClFN2O. The molecule has 3 nitrogen and oxygen atoms in total. The van der Waals surface area contributed by atoms with E-state index >= 15 is 0 Å². The fourth-order valence-electron chi connectivity index (χ4n) is 2.51. The van der Waals surface area contributed by atoms with Crippen LogP contribution in [0.15, 0.2) is 18.2 Å². The topological polar surface area (TPSA) is 46.3 Å². The van der Waals surface area contributed by atoms with Crippen molar-refractivity contribution in [3.63, 3.8) is 0 Å². The minimum atomic E-state index is -0.280. The van der Waals surface area contributed by atoms with Gasteiger partial charge in [0.1, 0.15) is 5.82 Å². The molecule has 1 heterocycles. The first-order chi connectivity index (χ1) is 8.81. The van der Waals surface area contributed by atoms with Crippen molar-refractivity contribution in [2.24, 2.45) is 11.1 Å². The van der Waals surface area contributed by atoms with Gasteiger partial charge in [-0.3, -0.25) is 4.79 Å². The Hall–Kier alpha value is -1.13. The van der Waals surface area contributed by atoms with E-state index in [0.29, 0.717) is 24.2 Å². The van der Waals surface area contributed by atoms with Crippen LogP contribution in [0, 0.1) is 18.2 Å². The second-order valence-electron chi connectivity index (χ2n) is 6.07. The van der Waals surface area contributed by atoms with Gasteiger partial charge >= 0.3 is 0 Å². The number of carbonyl (C=O) groups excluding carboxylic acids is 1. The van der Waals surface area contributed by atoms with E-state index < -0.39 is 0 Å². The van der Waals surface area contributed by atoms with Crippen LogP contribution in [-0.4, -0.2) is 29.9 Å². The number of piperidine rings is 1. The van der Waals surface area contributed by atoms with Crippen molar-refractivity contribution >= 4 is 18.3 Å². The Balaban J connectivity index is 0.00000200. The highest BCUT2D eigenvalue weighted by molar-refractivity contribution is 5.94. The molecule has 2 N–H and O–H groups in total. The molecule has 1 aromatic rings. The lowest BCUT2D eigenvalue weighted by Crippen LogP contribution is -2.54. The molecule has 1 unspecified atom stereocenters. The minimum absolute atomic E-state index is 0. The number of hydrogen-bond donors (Lipinski definition) is 1. The van der Waals surface area contributed by atoms with Gasteiger partial charge in [-0.15, -0.1) is 12.4 Å². The average molecular weight is 301 g/mol. The standard InChI is InChI=1S/C15H21FN2O.ClH/c1-10-8-11(4-5-12(10)16)14(19)18-7-6-13(17)15(2,3)9-18;/h4-5,8,13H,6-7,9,17H2,1-3H3;1H. The van der Waals surface area contributed by atoms with Crippen molar-refractivity contribution in [3.8, 4) is 0 Å². The van der Waals surface area contributed by atoms with E-state index in [-0.39, 0.29) is 35.6 Å². The average Bonchev–Trinajstić information content (AvgIpc) is 2.35. The third kappa shape index (κ3) is 3.30. The summed E-state index contributed by atoms with van der Waals surface area (Å²) in [6, 6.07) is 4.63. The number of likely N-dealkylation sites (tertiary alicyclic amines) is 1. The van der Waals surface area contributed by atoms with Gasteiger partial charge in [-0.25, -0.2) is 4.39 Å². The van der Waals surface area contributed by atoms with E-state index in [2.05, 4.69) is 13.8 Å². The number of nitrogens with two attached hydrogens (primary N) is 1. The van der Waals surface area contributed by atoms with Crippen LogP contribution in [0.3, 0.4) is 0 Å². The van der Waals surface area contributed by atoms with E-state index in [4.69, 9.17) is 5.73 Å². The van der Waals surface area contributed by atoms with Gasteiger partial charge in [0.15, 0.2) is 0 Å². The zero-order valence-electron chi connectivity index (χ0n) is 12.1. The predicted molar refractivity (Wildman–Crippen MR) is 80.7 cm³/mol. The van der Waals surface area contributed by atoms with Crippen molar-refractivity contribution in [1.29, 1.82) is 0 Å². The van der Waals surface area contributed by atoms with Crippen molar-refractivity contribution in [1.82, 2.24) is 4.90 Å². The third-order valence-electron chi connectivity index (χ3n) is 4.00. The van der Waals surface area contributed by atoms with Crippen LogP contribution in [-0.2, 0) is 0 Å². The number of hydrogen-bond acceptors (Lipinski definition) is 2. The Kier molecular flexibility index (Phi) is 5.16. The fourth-order valence-corrected chi connectivity index (χ4v) is 2.51. The maximum Gasteiger partial charge on any atom is 0.253 e. The molecule has 0 bridgehead atoms. The molecule has 0 aromatic heterocycles. The van der Waals surface area contributed by atoms with Gasteiger partial charge in [-0.05, 0) is 42.5 Å².